The van der Waals surface area contributed by atoms with Crippen LogP contribution in [-0.2, 0) is 28.6 Å². The molecule has 0 radical (unpaired) electrons. The highest BCUT2D eigenvalue weighted by atomic mass is 16.5. The van der Waals surface area contributed by atoms with Crippen molar-refractivity contribution in [3.63, 3.8) is 0 Å². The molecule has 0 unspecified atom stereocenters. The van der Waals surface area contributed by atoms with E-state index in [4.69, 9.17) is 19.9 Å². The number of esters is 3. The number of ether oxygens (including phenoxy) is 3. The van der Waals surface area contributed by atoms with Crippen LogP contribution < -0.4 is 16.4 Å². The fourth-order valence-corrected chi connectivity index (χ4v) is 2.32. The van der Waals surface area contributed by atoms with Gasteiger partial charge in [0.15, 0.2) is 0 Å². The van der Waals surface area contributed by atoms with Gasteiger partial charge in [-0.15, -0.1) is 0 Å². The molecule has 174 valence electrons. The SMILES string of the molecule is C=CCOC(=O)CC[C@H](NC(=O)N[C@@H](CCCCN)C(=O)OCC=C)C(=O)OCC=C. The molecule has 0 spiro atoms. The minimum Gasteiger partial charge on any atom is -0.461 e. The lowest BCUT2D eigenvalue weighted by atomic mass is 10.1. The summed E-state index contributed by atoms with van der Waals surface area (Å²) < 4.78 is 14.8. The first-order valence-electron chi connectivity index (χ1n) is 9.98. The van der Waals surface area contributed by atoms with Crippen LogP contribution in [-0.4, -0.2) is 62.4 Å². The predicted octanol–water partition coefficient (Wildman–Crippen LogP) is 1.12. The van der Waals surface area contributed by atoms with Gasteiger partial charge in [0.25, 0.3) is 0 Å². The largest absolute Gasteiger partial charge is 0.461 e. The Hall–Kier alpha value is -3.14. The topological polar surface area (TPSA) is 146 Å². The molecule has 31 heavy (non-hydrogen) atoms. The van der Waals surface area contributed by atoms with Gasteiger partial charge in [-0.3, -0.25) is 4.79 Å². The molecule has 2 atom stereocenters. The Bertz CT molecular complexity index is 622. The predicted molar refractivity (Wildman–Crippen MR) is 115 cm³/mol. The number of hydrogen-bond donors (Lipinski definition) is 3. The van der Waals surface area contributed by atoms with Crippen LogP contribution in [0.4, 0.5) is 4.79 Å². The maximum absolute atomic E-state index is 12.4. The Balaban J connectivity index is 5.04. The zero-order valence-corrected chi connectivity index (χ0v) is 17.8. The lowest BCUT2D eigenvalue weighted by molar-refractivity contribution is -0.146. The fourth-order valence-electron chi connectivity index (χ4n) is 2.32. The minimum atomic E-state index is -1.13. The van der Waals surface area contributed by atoms with Crippen LogP contribution in [0.2, 0.25) is 0 Å². The molecule has 0 aromatic carbocycles. The zero-order valence-electron chi connectivity index (χ0n) is 17.8. The summed E-state index contributed by atoms with van der Waals surface area (Å²) in [6.45, 7) is 10.8. The van der Waals surface area contributed by atoms with Crippen molar-refractivity contribution < 1.29 is 33.4 Å². The molecule has 2 amide bonds. The van der Waals surface area contributed by atoms with E-state index in [0.29, 0.717) is 25.8 Å². The molecule has 0 rings (SSSR count). The summed E-state index contributed by atoms with van der Waals surface area (Å²) in [7, 11) is 0. The molecule has 0 bridgehead atoms. The molecule has 10 heteroatoms. The third-order valence-corrected chi connectivity index (χ3v) is 3.81. The molecular formula is C21H33N3O7. The van der Waals surface area contributed by atoms with E-state index >= 15 is 0 Å². The monoisotopic (exact) mass is 439 g/mol. The lowest BCUT2D eigenvalue weighted by Gasteiger charge is -2.21. The van der Waals surface area contributed by atoms with Crippen LogP contribution in [0.3, 0.4) is 0 Å². The quantitative estimate of drug-likeness (QED) is 0.132. The van der Waals surface area contributed by atoms with Crippen LogP contribution in [0.25, 0.3) is 0 Å². The van der Waals surface area contributed by atoms with Gasteiger partial charge < -0.3 is 30.6 Å². The van der Waals surface area contributed by atoms with E-state index in [9.17, 15) is 19.2 Å². The van der Waals surface area contributed by atoms with E-state index in [0.717, 1.165) is 0 Å². The van der Waals surface area contributed by atoms with Gasteiger partial charge in [-0.25, -0.2) is 14.4 Å². The van der Waals surface area contributed by atoms with Gasteiger partial charge in [0.1, 0.15) is 31.9 Å². The van der Waals surface area contributed by atoms with Crippen molar-refractivity contribution in [2.75, 3.05) is 26.4 Å². The molecular weight excluding hydrogens is 406 g/mol. The van der Waals surface area contributed by atoms with Gasteiger partial charge in [-0.05, 0) is 32.2 Å². The highest BCUT2D eigenvalue weighted by Gasteiger charge is 2.27. The number of carbonyl (C=O) groups is 4. The summed E-state index contributed by atoms with van der Waals surface area (Å²) in [6, 6.07) is -2.85. The number of amides is 2. The van der Waals surface area contributed by atoms with E-state index in [1.165, 1.54) is 18.2 Å². The highest BCUT2D eigenvalue weighted by molar-refractivity contribution is 5.87. The molecule has 0 saturated heterocycles. The first-order chi connectivity index (χ1) is 14.9. The van der Waals surface area contributed by atoms with Crippen molar-refractivity contribution in [2.24, 2.45) is 5.73 Å². The van der Waals surface area contributed by atoms with Crippen molar-refractivity contribution in [3.8, 4) is 0 Å². The van der Waals surface area contributed by atoms with Crippen LogP contribution in [0.1, 0.15) is 32.1 Å². The number of urea groups is 1. The number of carbonyl (C=O) groups excluding carboxylic acids is 4. The number of unbranched alkanes of at least 4 members (excludes halogenated alkanes) is 1. The smallest absolute Gasteiger partial charge is 0.329 e. The Morgan fingerprint density at radius 1 is 0.774 bits per heavy atom. The van der Waals surface area contributed by atoms with Crippen molar-refractivity contribution >= 4 is 23.9 Å². The zero-order chi connectivity index (χ0) is 23.5. The minimum absolute atomic E-state index is 0.00115. The molecule has 0 aliphatic rings. The lowest BCUT2D eigenvalue weighted by Crippen LogP contribution is -2.52. The van der Waals surface area contributed by atoms with Crippen LogP contribution >= 0.6 is 0 Å². The Kier molecular flexibility index (Phi) is 15.9. The summed E-state index contributed by atoms with van der Waals surface area (Å²) in [4.78, 5) is 48.6. The maximum atomic E-state index is 12.4. The molecule has 0 fully saturated rings. The normalized spacial score (nSPS) is 11.9. The average Bonchev–Trinajstić information content (AvgIpc) is 2.76. The number of nitrogens with one attached hydrogen (secondary N) is 2. The van der Waals surface area contributed by atoms with E-state index in [1.807, 2.05) is 0 Å². The Labute approximate surface area is 182 Å². The van der Waals surface area contributed by atoms with Gasteiger partial charge in [0, 0.05) is 6.42 Å². The third-order valence-electron chi connectivity index (χ3n) is 3.81. The van der Waals surface area contributed by atoms with Gasteiger partial charge in [-0.1, -0.05) is 38.0 Å². The van der Waals surface area contributed by atoms with Crippen molar-refractivity contribution in [2.45, 2.75) is 44.2 Å². The fraction of sp³-hybridized carbons (Fsp3) is 0.524. The molecule has 0 aromatic heterocycles. The first-order valence-corrected chi connectivity index (χ1v) is 9.98. The summed E-state index contributed by atoms with van der Waals surface area (Å²) in [5.41, 5.74) is 5.47. The number of hydrogen-bond acceptors (Lipinski definition) is 8. The van der Waals surface area contributed by atoms with E-state index < -0.39 is 36.0 Å². The molecule has 0 aliphatic heterocycles. The van der Waals surface area contributed by atoms with Gasteiger partial charge in [-0.2, -0.15) is 0 Å². The van der Waals surface area contributed by atoms with E-state index in [2.05, 4.69) is 30.4 Å². The van der Waals surface area contributed by atoms with Crippen molar-refractivity contribution in [1.82, 2.24) is 10.6 Å². The molecule has 0 saturated carbocycles. The standard InChI is InChI=1S/C21H33N3O7/c1-4-13-29-18(25)11-10-17(20(27)31-15-6-3)24-21(28)23-16(9-7-8-12-22)19(26)30-14-5-2/h4-6,16-17H,1-3,7-15,22H2,(H2,23,24,28)/t16-,17-/m0/s1. The molecule has 0 aliphatic carbocycles. The molecule has 0 aromatic rings. The molecule has 10 nitrogen and oxygen atoms in total. The maximum Gasteiger partial charge on any atom is 0.329 e. The number of nitrogens with two attached hydrogens (primary N) is 1. The van der Waals surface area contributed by atoms with E-state index in [-0.39, 0.29) is 32.7 Å². The van der Waals surface area contributed by atoms with Gasteiger partial charge in [0.05, 0.1) is 0 Å². The van der Waals surface area contributed by atoms with Crippen LogP contribution in [0, 0.1) is 0 Å². The van der Waals surface area contributed by atoms with Crippen LogP contribution in [0.5, 0.6) is 0 Å². The van der Waals surface area contributed by atoms with Gasteiger partial charge in [0.2, 0.25) is 0 Å². The van der Waals surface area contributed by atoms with Crippen LogP contribution in [0.15, 0.2) is 38.0 Å². The average molecular weight is 440 g/mol. The van der Waals surface area contributed by atoms with Crippen molar-refractivity contribution in [1.29, 1.82) is 0 Å². The summed E-state index contributed by atoms with van der Waals surface area (Å²) in [5.74, 6) is -1.94. The molecule has 4 N–H and O–H groups in total. The Morgan fingerprint density at radius 2 is 1.26 bits per heavy atom. The Morgan fingerprint density at radius 3 is 1.74 bits per heavy atom. The first kappa shape index (κ1) is 27.9. The second-order valence-electron chi connectivity index (χ2n) is 6.36. The second kappa shape index (κ2) is 17.7. The molecule has 0 heterocycles. The summed E-state index contributed by atoms with van der Waals surface area (Å²) in [6.07, 6.45) is 5.56. The number of rotatable bonds is 17. The summed E-state index contributed by atoms with van der Waals surface area (Å²) >= 11 is 0. The summed E-state index contributed by atoms with van der Waals surface area (Å²) in [5, 5.41) is 4.92. The second-order valence-corrected chi connectivity index (χ2v) is 6.36. The third kappa shape index (κ3) is 13.7. The van der Waals surface area contributed by atoms with E-state index in [1.54, 1.807) is 0 Å². The highest BCUT2D eigenvalue weighted by Crippen LogP contribution is 2.06. The van der Waals surface area contributed by atoms with Crippen molar-refractivity contribution in [3.05, 3.63) is 38.0 Å². The van der Waals surface area contributed by atoms with Gasteiger partial charge >= 0.3 is 23.9 Å².